The van der Waals surface area contributed by atoms with E-state index in [1.54, 1.807) is 54.6 Å². The van der Waals surface area contributed by atoms with Gasteiger partial charge in [-0.05, 0) is 29.8 Å². The Morgan fingerprint density at radius 3 is 2.23 bits per heavy atom. The van der Waals surface area contributed by atoms with Gasteiger partial charge < -0.3 is 25.6 Å². The van der Waals surface area contributed by atoms with E-state index in [0.29, 0.717) is 11.3 Å². The molecule has 3 aromatic carbocycles. The van der Waals surface area contributed by atoms with Crippen molar-refractivity contribution in [1.82, 2.24) is 0 Å². The Hall–Kier alpha value is -5.27. The van der Waals surface area contributed by atoms with Crippen LogP contribution in [0.25, 0.3) is 0 Å². The van der Waals surface area contributed by atoms with Gasteiger partial charge in [0, 0.05) is 0 Å². The van der Waals surface area contributed by atoms with Crippen molar-refractivity contribution in [2.24, 2.45) is 5.73 Å². The van der Waals surface area contributed by atoms with Crippen molar-refractivity contribution in [1.29, 1.82) is 5.26 Å². The lowest BCUT2D eigenvalue weighted by Gasteiger charge is -2.37. The van der Waals surface area contributed by atoms with Crippen molar-refractivity contribution in [2.75, 3.05) is 24.4 Å². The molecule has 0 aromatic heterocycles. The molecule has 4 rings (SSSR count). The first-order chi connectivity index (χ1) is 19.2. The molecule has 0 fully saturated rings. The van der Waals surface area contributed by atoms with Gasteiger partial charge >= 0.3 is 17.9 Å². The third kappa shape index (κ3) is 4.93. The number of methoxy groups -OCH3 is 2. The standard InChI is InChI=1S/C29H23ClN4O6/c1-39-28(37)23-22(16-9-4-3-5-10-16)18(15-31)26(32)34(25(23)29(38)40-2)21-14-8-11-17(27(35)36)24(21)33-20-13-7-6-12-19(20)30/h3-14,22,33H,32H2,1-2H3,(H,35,36). The number of esters is 2. The van der Waals surface area contributed by atoms with Crippen LogP contribution in [0.1, 0.15) is 21.8 Å². The zero-order valence-corrected chi connectivity index (χ0v) is 22.1. The number of ether oxygens (including phenoxy) is 2. The lowest BCUT2D eigenvalue weighted by atomic mass is 9.81. The maximum Gasteiger partial charge on any atom is 0.355 e. The van der Waals surface area contributed by atoms with Gasteiger partial charge in [0.25, 0.3) is 0 Å². The van der Waals surface area contributed by atoms with Gasteiger partial charge in [-0.25, -0.2) is 14.4 Å². The van der Waals surface area contributed by atoms with Crippen LogP contribution in [0.5, 0.6) is 0 Å². The molecule has 0 radical (unpaired) electrons. The number of nitrogens with two attached hydrogens (primary N) is 1. The summed E-state index contributed by atoms with van der Waals surface area (Å²) in [7, 11) is 2.26. The number of anilines is 3. The summed E-state index contributed by atoms with van der Waals surface area (Å²) in [6, 6.07) is 21.5. The van der Waals surface area contributed by atoms with E-state index < -0.39 is 23.8 Å². The molecule has 10 nitrogen and oxygen atoms in total. The van der Waals surface area contributed by atoms with Gasteiger partial charge in [0.1, 0.15) is 11.5 Å². The van der Waals surface area contributed by atoms with Crippen LogP contribution in [0.4, 0.5) is 17.1 Å². The number of allylic oxidation sites excluding steroid dienone is 1. The van der Waals surface area contributed by atoms with E-state index >= 15 is 0 Å². The summed E-state index contributed by atoms with van der Waals surface area (Å²) in [5.74, 6) is -4.46. The molecule has 3 aromatic rings. The third-order valence-electron chi connectivity index (χ3n) is 6.26. The number of halogens is 1. The highest BCUT2D eigenvalue weighted by molar-refractivity contribution is 6.33. The first-order valence-corrected chi connectivity index (χ1v) is 12.2. The Kier molecular flexibility index (Phi) is 8.07. The van der Waals surface area contributed by atoms with Crippen molar-refractivity contribution in [3.05, 3.63) is 112 Å². The average Bonchev–Trinajstić information content (AvgIpc) is 2.97. The summed E-state index contributed by atoms with van der Waals surface area (Å²) in [5, 5.41) is 23.6. The number of nitrogens with one attached hydrogen (secondary N) is 1. The summed E-state index contributed by atoms with van der Waals surface area (Å²) in [4.78, 5) is 40.1. The van der Waals surface area contributed by atoms with Crippen LogP contribution < -0.4 is 16.0 Å². The van der Waals surface area contributed by atoms with E-state index in [1.807, 2.05) is 0 Å². The molecule has 202 valence electrons. The Morgan fingerprint density at radius 2 is 1.62 bits per heavy atom. The molecule has 4 N–H and O–H groups in total. The highest BCUT2D eigenvalue weighted by Gasteiger charge is 2.43. The minimum absolute atomic E-state index is 0.00730. The lowest BCUT2D eigenvalue weighted by Crippen LogP contribution is -2.41. The van der Waals surface area contributed by atoms with Crippen LogP contribution in [0.15, 0.2) is 95.5 Å². The number of carbonyl (C=O) groups is 3. The van der Waals surface area contributed by atoms with E-state index in [2.05, 4.69) is 11.4 Å². The van der Waals surface area contributed by atoms with Crippen molar-refractivity contribution in [2.45, 2.75) is 5.92 Å². The topological polar surface area (TPSA) is 155 Å². The molecular weight excluding hydrogens is 536 g/mol. The molecule has 0 saturated carbocycles. The summed E-state index contributed by atoms with van der Waals surface area (Å²) in [6.45, 7) is 0. The molecule has 0 aliphatic carbocycles. The first kappa shape index (κ1) is 27.8. The molecule has 0 amide bonds. The summed E-state index contributed by atoms with van der Waals surface area (Å²) in [6.07, 6.45) is 0. The Balaban J connectivity index is 2.11. The van der Waals surface area contributed by atoms with Gasteiger partial charge in [-0.3, -0.25) is 4.90 Å². The van der Waals surface area contributed by atoms with E-state index in [0.717, 1.165) is 19.1 Å². The minimum atomic E-state index is -1.30. The van der Waals surface area contributed by atoms with E-state index in [-0.39, 0.29) is 44.6 Å². The van der Waals surface area contributed by atoms with Crippen LogP contribution in [0.2, 0.25) is 5.02 Å². The fourth-order valence-electron chi connectivity index (χ4n) is 4.50. The summed E-state index contributed by atoms with van der Waals surface area (Å²) in [5.41, 5.74) is 6.66. The smallest absolute Gasteiger partial charge is 0.355 e. The van der Waals surface area contributed by atoms with E-state index in [9.17, 15) is 24.8 Å². The molecule has 1 heterocycles. The number of rotatable bonds is 7. The van der Waals surface area contributed by atoms with Gasteiger partial charge in [0.2, 0.25) is 0 Å². The van der Waals surface area contributed by atoms with Crippen LogP contribution in [-0.4, -0.2) is 37.2 Å². The van der Waals surface area contributed by atoms with Gasteiger partial charge in [0.15, 0.2) is 0 Å². The van der Waals surface area contributed by atoms with Crippen molar-refractivity contribution < 1.29 is 29.0 Å². The number of carboxylic acids is 1. The number of nitrogens with zero attached hydrogens (tertiary/aromatic N) is 2. The Morgan fingerprint density at radius 1 is 0.975 bits per heavy atom. The number of nitriles is 1. The molecule has 1 atom stereocenters. The highest BCUT2D eigenvalue weighted by Crippen LogP contribution is 2.46. The van der Waals surface area contributed by atoms with E-state index in [1.165, 1.54) is 18.2 Å². The molecular formula is C29H23ClN4O6. The van der Waals surface area contributed by atoms with Crippen molar-refractivity contribution in [3.63, 3.8) is 0 Å². The fraction of sp³-hybridized carbons (Fsp3) is 0.103. The summed E-state index contributed by atoms with van der Waals surface area (Å²) >= 11 is 6.35. The van der Waals surface area contributed by atoms with Gasteiger partial charge in [-0.15, -0.1) is 0 Å². The number of carbonyl (C=O) groups excluding carboxylic acids is 2. The predicted octanol–water partition coefficient (Wildman–Crippen LogP) is 4.68. The monoisotopic (exact) mass is 558 g/mol. The second-order valence-electron chi connectivity index (χ2n) is 8.44. The zero-order chi connectivity index (χ0) is 29.0. The van der Waals surface area contributed by atoms with Crippen molar-refractivity contribution >= 4 is 46.6 Å². The number of aromatic carboxylic acids is 1. The van der Waals surface area contributed by atoms with Crippen LogP contribution >= 0.6 is 11.6 Å². The maximum atomic E-state index is 13.4. The van der Waals surface area contributed by atoms with Gasteiger partial charge in [-0.1, -0.05) is 60.1 Å². The summed E-state index contributed by atoms with van der Waals surface area (Å²) < 4.78 is 10.1. The zero-order valence-electron chi connectivity index (χ0n) is 21.3. The molecule has 1 aliphatic rings. The van der Waals surface area contributed by atoms with Gasteiger partial charge in [-0.2, -0.15) is 5.26 Å². The van der Waals surface area contributed by atoms with Crippen molar-refractivity contribution in [3.8, 4) is 6.07 Å². The molecule has 1 aliphatic heterocycles. The van der Waals surface area contributed by atoms with Crippen LogP contribution in [0, 0.1) is 11.3 Å². The van der Waals surface area contributed by atoms with Crippen LogP contribution in [0.3, 0.4) is 0 Å². The third-order valence-corrected chi connectivity index (χ3v) is 6.59. The number of benzene rings is 3. The molecule has 0 saturated heterocycles. The molecule has 11 heteroatoms. The average molecular weight is 559 g/mol. The van der Waals surface area contributed by atoms with E-state index in [4.69, 9.17) is 26.8 Å². The number of hydrogen-bond acceptors (Lipinski definition) is 9. The predicted molar refractivity (Wildman–Crippen MR) is 148 cm³/mol. The first-order valence-electron chi connectivity index (χ1n) is 11.8. The Bertz CT molecular complexity index is 1610. The number of carboxylic acid groups (broad SMARTS) is 1. The molecule has 1 unspecified atom stereocenters. The normalized spacial score (nSPS) is 14.8. The second-order valence-corrected chi connectivity index (χ2v) is 8.85. The van der Waals surface area contributed by atoms with Gasteiger partial charge in [0.05, 0.1) is 65.0 Å². The maximum absolute atomic E-state index is 13.4. The SMILES string of the molecule is COC(=O)C1=C(C(=O)OC)N(c2cccc(C(=O)O)c2Nc2ccccc2Cl)C(N)=C(C#N)C1c1ccccc1. The highest BCUT2D eigenvalue weighted by atomic mass is 35.5. The minimum Gasteiger partial charge on any atom is -0.478 e. The second kappa shape index (κ2) is 11.6. The molecule has 0 bridgehead atoms. The lowest BCUT2D eigenvalue weighted by molar-refractivity contribution is -0.139. The largest absolute Gasteiger partial charge is 0.478 e. The quantitative estimate of drug-likeness (QED) is 0.348. The Labute approximate surface area is 234 Å². The fourth-order valence-corrected chi connectivity index (χ4v) is 4.68. The number of hydrogen-bond donors (Lipinski definition) is 3. The number of para-hydroxylation sites is 2. The molecule has 40 heavy (non-hydrogen) atoms. The molecule has 0 spiro atoms. The van der Waals surface area contributed by atoms with Crippen LogP contribution in [-0.2, 0) is 19.1 Å².